The molecule has 1 heterocycles. The van der Waals surface area contributed by atoms with Gasteiger partial charge in [-0.05, 0) is 30.0 Å². The molecule has 0 aromatic heterocycles. The number of hydrogen-bond donors (Lipinski definition) is 1. The Kier molecular flexibility index (Phi) is 5.43. The van der Waals surface area contributed by atoms with Gasteiger partial charge in [0.1, 0.15) is 11.5 Å². The van der Waals surface area contributed by atoms with E-state index in [4.69, 9.17) is 4.74 Å². The van der Waals surface area contributed by atoms with E-state index >= 15 is 0 Å². The number of hydrogen-bond acceptors (Lipinski definition) is 4. The summed E-state index contributed by atoms with van der Waals surface area (Å²) in [5, 5.41) is 3.35. The van der Waals surface area contributed by atoms with Gasteiger partial charge in [-0.25, -0.2) is 18.7 Å². The molecule has 5 nitrogen and oxygen atoms in total. The van der Waals surface area contributed by atoms with E-state index in [-0.39, 0.29) is 22.9 Å². The van der Waals surface area contributed by atoms with E-state index in [1.165, 1.54) is 30.9 Å². The molecule has 1 atom stereocenters. The first-order valence-electron chi connectivity index (χ1n) is 7.29. The number of allylic oxidation sites excluding steroid dienone is 1. The molecule has 0 saturated carbocycles. The van der Waals surface area contributed by atoms with E-state index < -0.39 is 6.09 Å². The van der Waals surface area contributed by atoms with Gasteiger partial charge in [-0.3, -0.25) is 0 Å². The van der Waals surface area contributed by atoms with Crippen molar-refractivity contribution in [2.75, 3.05) is 20.8 Å². The Morgan fingerprint density at radius 2 is 2.22 bits per heavy atom. The minimum Gasteiger partial charge on any atom is -0.398 e. The molecule has 1 aromatic rings. The lowest BCUT2D eigenvalue weighted by atomic mass is 10.1. The van der Waals surface area contributed by atoms with Crippen molar-refractivity contribution < 1.29 is 18.4 Å². The number of nitrogens with one attached hydrogen (secondary N) is 1. The van der Waals surface area contributed by atoms with Crippen molar-refractivity contribution in [1.29, 1.82) is 0 Å². The van der Waals surface area contributed by atoms with Crippen LogP contribution in [0.25, 0.3) is 0 Å². The Morgan fingerprint density at radius 3 is 2.83 bits per heavy atom. The summed E-state index contributed by atoms with van der Waals surface area (Å²) in [7, 11) is 3.42. The average Bonchev–Trinajstić information content (AvgIpc) is 2.83. The van der Waals surface area contributed by atoms with E-state index in [0.717, 1.165) is 15.6 Å². The van der Waals surface area contributed by atoms with E-state index in [9.17, 15) is 9.18 Å². The van der Waals surface area contributed by atoms with Gasteiger partial charge < -0.3 is 10.1 Å². The van der Waals surface area contributed by atoms with Gasteiger partial charge in [-0.1, -0.05) is 19.9 Å². The van der Waals surface area contributed by atoms with E-state index in [1.54, 1.807) is 12.4 Å². The summed E-state index contributed by atoms with van der Waals surface area (Å²) in [4.78, 5) is 16.7. The number of halogens is 1. The summed E-state index contributed by atoms with van der Waals surface area (Å²) in [5.41, 5.74) is 0.919. The molecule has 0 aliphatic carbocycles. The minimum absolute atomic E-state index is 0.122. The molecule has 0 saturated heterocycles. The molecule has 1 amide bonds. The number of ether oxygens (including phenoxy) is 1. The fourth-order valence-electron chi connectivity index (χ4n) is 2.11. The molecule has 0 fully saturated rings. The Labute approximate surface area is 139 Å². The average molecular weight is 338 g/mol. The third kappa shape index (κ3) is 4.11. The highest BCUT2D eigenvalue weighted by Crippen LogP contribution is 2.40. The van der Waals surface area contributed by atoms with Crippen LogP contribution in [-0.2, 0) is 4.74 Å². The van der Waals surface area contributed by atoms with Crippen LogP contribution in [-0.4, -0.2) is 37.7 Å². The van der Waals surface area contributed by atoms with Crippen molar-refractivity contribution in [3.8, 4) is 0 Å². The van der Waals surface area contributed by atoms with Gasteiger partial charge >= 0.3 is 6.09 Å². The van der Waals surface area contributed by atoms with E-state index in [2.05, 4.69) is 10.3 Å². The summed E-state index contributed by atoms with van der Waals surface area (Å²) in [6, 6.07) is 6.42. The molecule has 124 valence electrons. The Bertz CT molecular complexity index is 660. The van der Waals surface area contributed by atoms with E-state index in [0.29, 0.717) is 0 Å². The fourth-order valence-corrected chi connectivity index (χ4v) is 3.35. The number of amides is 1. The van der Waals surface area contributed by atoms with Crippen LogP contribution >= 0.6 is 11.8 Å². The zero-order valence-electron chi connectivity index (χ0n) is 13.7. The Morgan fingerprint density at radius 1 is 1.48 bits per heavy atom. The fraction of sp³-hybridized carbons (Fsp3) is 0.375. The Balaban J connectivity index is 2.28. The minimum atomic E-state index is -0.495. The molecule has 7 heteroatoms. The standard InChI is InChI=1S/C16H20FN3O2S/c1-11(2)14-15(23-13-7-5-6-12(17)8-13)20(4,9-19-14)10-22-16(21)18-3/h5-9,11H,10H2,1-4H3/p+1. The SMILES string of the molecule is CNC(=O)OC[N+]1(C)C=NC(C(C)C)=C1Sc1cccc(F)c1. The lowest BCUT2D eigenvalue weighted by molar-refractivity contribution is -0.784. The monoisotopic (exact) mass is 338 g/mol. The van der Waals surface area contributed by atoms with Crippen molar-refractivity contribution in [1.82, 2.24) is 5.32 Å². The summed E-state index contributed by atoms with van der Waals surface area (Å²) in [6.45, 7) is 4.22. The van der Waals surface area contributed by atoms with Crippen LogP contribution < -0.4 is 5.32 Å². The summed E-state index contributed by atoms with van der Waals surface area (Å²) in [6.07, 6.45) is 1.26. The maximum Gasteiger partial charge on any atom is 0.411 e. The number of carbonyl (C=O) groups is 1. The number of nitrogens with zero attached hydrogens (tertiary/aromatic N) is 2. The molecule has 0 radical (unpaired) electrons. The topological polar surface area (TPSA) is 50.7 Å². The van der Waals surface area contributed by atoms with E-state index in [1.807, 2.05) is 27.0 Å². The predicted octanol–water partition coefficient (Wildman–Crippen LogP) is 3.54. The first-order valence-corrected chi connectivity index (χ1v) is 8.10. The van der Waals surface area contributed by atoms with Crippen LogP contribution in [0.5, 0.6) is 0 Å². The van der Waals surface area contributed by atoms with Gasteiger partial charge in [0.05, 0.1) is 7.05 Å². The lowest BCUT2D eigenvalue weighted by Gasteiger charge is -2.27. The molecular weight excluding hydrogens is 317 g/mol. The third-order valence-corrected chi connectivity index (χ3v) is 4.67. The smallest absolute Gasteiger partial charge is 0.398 e. The van der Waals surface area contributed by atoms with Gasteiger partial charge in [-0.2, -0.15) is 0 Å². The van der Waals surface area contributed by atoms with Crippen molar-refractivity contribution in [2.45, 2.75) is 18.7 Å². The third-order valence-electron chi connectivity index (χ3n) is 3.36. The zero-order valence-corrected chi connectivity index (χ0v) is 14.5. The molecule has 1 aliphatic heterocycles. The normalized spacial score (nSPS) is 20.3. The number of aliphatic imine (C=N–C) groups is 1. The van der Waals surface area contributed by atoms with Crippen molar-refractivity contribution >= 4 is 24.2 Å². The molecule has 1 aromatic carbocycles. The summed E-state index contributed by atoms with van der Waals surface area (Å²) >= 11 is 1.44. The maximum atomic E-state index is 13.4. The molecule has 1 unspecified atom stereocenters. The van der Waals surface area contributed by atoms with Crippen LogP contribution in [0.1, 0.15) is 13.8 Å². The summed E-state index contributed by atoms with van der Waals surface area (Å²) < 4.78 is 18.9. The molecule has 1 N–H and O–H groups in total. The van der Waals surface area contributed by atoms with Crippen LogP contribution in [0, 0.1) is 11.7 Å². The highest BCUT2D eigenvalue weighted by atomic mass is 32.2. The number of rotatable bonds is 5. The molecular formula is C16H21FN3O2S+. The molecule has 23 heavy (non-hydrogen) atoms. The second kappa shape index (κ2) is 7.14. The van der Waals surface area contributed by atoms with Crippen molar-refractivity contribution in [3.63, 3.8) is 0 Å². The van der Waals surface area contributed by atoms with Crippen molar-refractivity contribution in [3.05, 3.63) is 40.8 Å². The Hall–Kier alpha value is -1.86. The van der Waals surface area contributed by atoms with Crippen LogP contribution in [0.2, 0.25) is 0 Å². The first-order chi connectivity index (χ1) is 10.9. The number of benzene rings is 1. The molecule has 0 spiro atoms. The number of quaternary nitrogens is 1. The highest BCUT2D eigenvalue weighted by molar-refractivity contribution is 8.02. The first kappa shape index (κ1) is 17.5. The van der Waals surface area contributed by atoms with Crippen LogP contribution in [0.4, 0.5) is 9.18 Å². The van der Waals surface area contributed by atoms with Gasteiger partial charge in [0.25, 0.3) is 0 Å². The molecule has 1 aliphatic rings. The second-order valence-corrected chi connectivity index (χ2v) is 6.79. The zero-order chi connectivity index (χ0) is 17.0. The van der Waals surface area contributed by atoms with Gasteiger partial charge in [0.2, 0.25) is 11.8 Å². The number of carbonyl (C=O) groups excluding carboxylic acids is 1. The maximum absolute atomic E-state index is 13.4. The number of alkyl carbamates (subject to hydrolysis) is 1. The van der Waals surface area contributed by atoms with Crippen LogP contribution in [0.3, 0.4) is 0 Å². The molecule has 2 rings (SSSR count). The lowest BCUT2D eigenvalue weighted by Crippen LogP contribution is -2.42. The quantitative estimate of drug-likeness (QED) is 0.836. The number of thioether (sulfide) groups is 1. The highest BCUT2D eigenvalue weighted by Gasteiger charge is 2.37. The van der Waals surface area contributed by atoms with Crippen LogP contribution in [0.15, 0.2) is 44.9 Å². The van der Waals surface area contributed by atoms with Gasteiger partial charge in [-0.15, -0.1) is 0 Å². The van der Waals surface area contributed by atoms with Crippen molar-refractivity contribution in [2.24, 2.45) is 10.9 Å². The predicted molar refractivity (Wildman–Crippen MR) is 89.2 cm³/mol. The second-order valence-electron chi connectivity index (χ2n) is 5.73. The van der Waals surface area contributed by atoms with Gasteiger partial charge in [0, 0.05) is 17.9 Å². The summed E-state index contributed by atoms with van der Waals surface area (Å²) in [5.74, 6) is -0.0707. The largest absolute Gasteiger partial charge is 0.411 e. The molecule has 0 bridgehead atoms. The van der Waals surface area contributed by atoms with Gasteiger partial charge in [0.15, 0.2) is 6.34 Å².